The summed E-state index contributed by atoms with van der Waals surface area (Å²) in [6.07, 6.45) is 0. The van der Waals surface area contributed by atoms with Crippen LogP contribution in [0.25, 0.3) is 21.9 Å². The summed E-state index contributed by atoms with van der Waals surface area (Å²) in [7, 11) is 5.33. The molecule has 0 atom stereocenters. The van der Waals surface area contributed by atoms with Gasteiger partial charge in [0, 0.05) is 25.5 Å². The van der Waals surface area contributed by atoms with Crippen LogP contribution in [0.2, 0.25) is 0 Å². The summed E-state index contributed by atoms with van der Waals surface area (Å²) < 4.78 is 8.93. The van der Waals surface area contributed by atoms with Crippen molar-refractivity contribution in [2.45, 2.75) is 0 Å². The van der Waals surface area contributed by atoms with E-state index >= 15 is 0 Å². The second-order valence-electron chi connectivity index (χ2n) is 4.57. The predicted octanol–water partition coefficient (Wildman–Crippen LogP) is 2.38. The van der Waals surface area contributed by atoms with Gasteiger partial charge >= 0.3 is 5.97 Å². The molecule has 2 heterocycles. The third-order valence-electron chi connectivity index (χ3n) is 3.61. The molecule has 0 bridgehead atoms. The number of aryl methyl sites for hydroxylation is 2. The molecule has 3 rings (SSSR count). The maximum atomic E-state index is 11.2. The number of rotatable bonds is 2. The van der Waals surface area contributed by atoms with E-state index in [1.807, 2.05) is 29.8 Å². The Morgan fingerprint density at radius 2 is 1.89 bits per heavy atom. The SMILES string of the molecule is COc1ccc2c3c(cc(C(=O)O)n3C)n(C)c2c1. The zero-order chi connectivity index (χ0) is 13.7. The van der Waals surface area contributed by atoms with Crippen molar-refractivity contribution in [1.82, 2.24) is 9.13 Å². The van der Waals surface area contributed by atoms with Crippen LogP contribution in [0.3, 0.4) is 0 Å². The van der Waals surface area contributed by atoms with Crippen molar-refractivity contribution in [3.63, 3.8) is 0 Å². The number of carbonyl (C=O) groups is 1. The molecule has 98 valence electrons. The first-order chi connectivity index (χ1) is 9.04. The Labute approximate surface area is 109 Å². The van der Waals surface area contributed by atoms with E-state index in [0.29, 0.717) is 5.69 Å². The molecule has 0 saturated heterocycles. The lowest BCUT2D eigenvalue weighted by Crippen LogP contribution is -2.03. The van der Waals surface area contributed by atoms with Crippen molar-refractivity contribution in [3.8, 4) is 5.75 Å². The molecule has 0 spiro atoms. The minimum Gasteiger partial charge on any atom is -0.497 e. The predicted molar refractivity (Wildman–Crippen MR) is 72.9 cm³/mol. The number of benzene rings is 1. The van der Waals surface area contributed by atoms with E-state index in [-0.39, 0.29) is 0 Å². The topological polar surface area (TPSA) is 56.4 Å². The number of nitrogens with zero attached hydrogens (tertiary/aromatic N) is 2. The van der Waals surface area contributed by atoms with Gasteiger partial charge < -0.3 is 19.0 Å². The molecular formula is C14H14N2O3. The monoisotopic (exact) mass is 258 g/mol. The Kier molecular flexibility index (Phi) is 2.32. The Morgan fingerprint density at radius 3 is 2.53 bits per heavy atom. The minimum absolute atomic E-state index is 0.290. The minimum atomic E-state index is -0.916. The average molecular weight is 258 g/mol. The third kappa shape index (κ3) is 1.44. The van der Waals surface area contributed by atoms with Gasteiger partial charge in [-0.2, -0.15) is 0 Å². The van der Waals surface area contributed by atoms with Crippen LogP contribution in [0.5, 0.6) is 5.75 Å². The van der Waals surface area contributed by atoms with Crippen molar-refractivity contribution in [3.05, 3.63) is 30.0 Å². The van der Waals surface area contributed by atoms with Gasteiger partial charge in [-0.1, -0.05) is 0 Å². The molecule has 0 aliphatic heterocycles. The summed E-state index contributed by atoms with van der Waals surface area (Å²) in [5.74, 6) is -0.128. The van der Waals surface area contributed by atoms with E-state index < -0.39 is 5.97 Å². The fourth-order valence-corrected chi connectivity index (χ4v) is 2.61. The number of fused-ring (bicyclic) bond motifs is 3. The van der Waals surface area contributed by atoms with Crippen molar-refractivity contribution < 1.29 is 14.6 Å². The van der Waals surface area contributed by atoms with Gasteiger partial charge in [0.05, 0.1) is 23.7 Å². The van der Waals surface area contributed by atoms with Gasteiger partial charge in [0.2, 0.25) is 0 Å². The van der Waals surface area contributed by atoms with Crippen molar-refractivity contribution in [2.75, 3.05) is 7.11 Å². The molecular weight excluding hydrogens is 244 g/mol. The molecule has 1 aromatic carbocycles. The largest absolute Gasteiger partial charge is 0.497 e. The normalized spacial score (nSPS) is 11.3. The molecule has 0 saturated carbocycles. The maximum absolute atomic E-state index is 11.2. The van der Waals surface area contributed by atoms with E-state index in [2.05, 4.69) is 0 Å². The molecule has 0 fully saturated rings. The molecule has 0 unspecified atom stereocenters. The van der Waals surface area contributed by atoms with Crippen LogP contribution in [-0.4, -0.2) is 27.3 Å². The summed E-state index contributed by atoms with van der Waals surface area (Å²) in [5, 5.41) is 10.2. The molecule has 0 radical (unpaired) electrons. The van der Waals surface area contributed by atoms with E-state index in [9.17, 15) is 9.90 Å². The molecule has 5 heteroatoms. The average Bonchev–Trinajstić information content (AvgIpc) is 2.87. The fourth-order valence-electron chi connectivity index (χ4n) is 2.61. The number of hydrogen-bond donors (Lipinski definition) is 1. The lowest BCUT2D eigenvalue weighted by molar-refractivity contribution is 0.0687. The highest BCUT2D eigenvalue weighted by atomic mass is 16.5. The quantitative estimate of drug-likeness (QED) is 0.767. The standard InChI is InChI=1S/C14H14N2O3/c1-15-10-6-8(19-3)4-5-9(10)13-11(15)7-12(14(17)18)16(13)2/h4-7H,1-3H3,(H,17,18). The molecule has 3 aromatic rings. The molecule has 0 amide bonds. The molecule has 0 aliphatic carbocycles. The Hall–Kier alpha value is -2.43. The summed E-state index contributed by atoms with van der Waals surface area (Å²) in [4.78, 5) is 11.2. The molecule has 2 aromatic heterocycles. The Morgan fingerprint density at radius 1 is 1.16 bits per heavy atom. The van der Waals surface area contributed by atoms with Crippen LogP contribution < -0.4 is 4.74 Å². The number of aromatic nitrogens is 2. The molecule has 0 aliphatic rings. The van der Waals surface area contributed by atoms with Crippen molar-refractivity contribution >= 4 is 27.9 Å². The lowest BCUT2D eigenvalue weighted by atomic mass is 10.2. The van der Waals surface area contributed by atoms with E-state index in [1.165, 1.54) is 0 Å². The first-order valence-electron chi connectivity index (χ1n) is 5.89. The number of methoxy groups -OCH3 is 1. The van der Waals surface area contributed by atoms with E-state index in [0.717, 1.165) is 27.7 Å². The highest BCUT2D eigenvalue weighted by molar-refractivity contribution is 6.09. The van der Waals surface area contributed by atoms with E-state index in [1.54, 1.807) is 24.8 Å². The number of carboxylic acids is 1. The highest BCUT2D eigenvalue weighted by Gasteiger charge is 2.18. The van der Waals surface area contributed by atoms with Crippen LogP contribution in [0.15, 0.2) is 24.3 Å². The van der Waals surface area contributed by atoms with Crippen molar-refractivity contribution in [1.29, 1.82) is 0 Å². The van der Waals surface area contributed by atoms with Gasteiger partial charge in [-0.25, -0.2) is 4.79 Å². The molecule has 19 heavy (non-hydrogen) atoms. The number of hydrogen-bond acceptors (Lipinski definition) is 2. The highest BCUT2D eigenvalue weighted by Crippen LogP contribution is 2.32. The summed E-state index contributed by atoms with van der Waals surface area (Å²) in [5.41, 5.74) is 3.15. The Bertz CT molecular complexity index is 811. The zero-order valence-electron chi connectivity index (χ0n) is 11.0. The number of aromatic carboxylic acids is 1. The zero-order valence-corrected chi connectivity index (χ0v) is 11.0. The van der Waals surface area contributed by atoms with Crippen LogP contribution in [-0.2, 0) is 14.1 Å². The van der Waals surface area contributed by atoms with Gasteiger partial charge in [-0.15, -0.1) is 0 Å². The van der Waals surface area contributed by atoms with Crippen LogP contribution in [0.1, 0.15) is 10.5 Å². The first-order valence-corrected chi connectivity index (χ1v) is 5.89. The number of ether oxygens (including phenoxy) is 1. The van der Waals surface area contributed by atoms with Crippen LogP contribution in [0.4, 0.5) is 0 Å². The third-order valence-corrected chi connectivity index (χ3v) is 3.61. The van der Waals surface area contributed by atoms with Crippen molar-refractivity contribution in [2.24, 2.45) is 14.1 Å². The number of carboxylic acid groups (broad SMARTS) is 1. The second kappa shape index (κ2) is 3.78. The summed E-state index contributed by atoms with van der Waals surface area (Å²) in [6.45, 7) is 0. The second-order valence-corrected chi connectivity index (χ2v) is 4.57. The van der Waals surface area contributed by atoms with Crippen LogP contribution >= 0.6 is 0 Å². The summed E-state index contributed by atoms with van der Waals surface area (Å²) >= 11 is 0. The van der Waals surface area contributed by atoms with E-state index in [4.69, 9.17) is 4.74 Å². The fraction of sp³-hybridized carbons (Fsp3) is 0.214. The van der Waals surface area contributed by atoms with Gasteiger partial charge in [-0.05, 0) is 18.2 Å². The van der Waals surface area contributed by atoms with Gasteiger partial charge in [0.25, 0.3) is 0 Å². The first kappa shape index (κ1) is 11.6. The Balaban J connectivity index is 2.46. The van der Waals surface area contributed by atoms with Gasteiger partial charge in [-0.3, -0.25) is 0 Å². The molecule has 5 nitrogen and oxygen atoms in total. The van der Waals surface area contributed by atoms with Crippen LogP contribution in [0, 0.1) is 0 Å². The smallest absolute Gasteiger partial charge is 0.352 e. The lowest BCUT2D eigenvalue weighted by Gasteiger charge is -2.03. The summed E-state index contributed by atoms with van der Waals surface area (Å²) in [6, 6.07) is 7.50. The maximum Gasteiger partial charge on any atom is 0.352 e. The van der Waals surface area contributed by atoms with Gasteiger partial charge in [0.15, 0.2) is 0 Å². The van der Waals surface area contributed by atoms with Gasteiger partial charge in [0.1, 0.15) is 11.4 Å². The molecule has 1 N–H and O–H groups in total.